The molecule has 0 aromatic carbocycles. The molecule has 5 N–H and O–H groups in total. The van der Waals surface area contributed by atoms with Crippen molar-refractivity contribution < 1.29 is 25.2 Å². The van der Waals surface area contributed by atoms with Crippen LogP contribution in [0, 0.1) is 0 Å². The molecule has 4 unspecified atom stereocenters. The first-order valence-electron chi connectivity index (χ1n) is 21.4. The Hall–Kier alpha value is -0.690. The number of hydrogen-bond donors (Lipinski definition) is 5. The molecule has 0 aliphatic heterocycles. The monoisotopic (exact) mass is 684 g/mol. The van der Waals surface area contributed by atoms with Gasteiger partial charge in [-0.2, -0.15) is 0 Å². The van der Waals surface area contributed by atoms with Crippen LogP contribution in [0.15, 0.2) is 0 Å². The maximum absolute atomic E-state index is 12.3. The van der Waals surface area contributed by atoms with E-state index in [1.807, 2.05) is 6.92 Å². The number of hydrogen-bond acceptors (Lipinski definition) is 5. The van der Waals surface area contributed by atoms with E-state index >= 15 is 0 Å². The lowest BCUT2D eigenvalue weighted by molar-refractivity contribution is -0.132. The molecule has 48 heavy (non-hydrogen) atoms. The molecule has 1 amide bonds. The SMILES string of the molecule is CCCCCCCCCCCCCCCCCCCCCCCCCCCCCCCCC(O)C(=O)NC(CO)C(O)C(O)CCCC. The summed E-state index contributed by atoms with van der Waals surface area (Å²) in [6.45, 7) is 3.80. The fraction of sp³-hybridized carbons (Fsp3) is 0.976. The van der Waals surface area contributed by atoms with E-state index in [2.05, 4.69) is 12.2 Å². The van der Waals surface area contributed by atoms with Gasteiger partial charge in [-0.05, 0) is 12.8 Å². The molecule has 6 heteroatoms. The van der Waals surface area contributed by atoms with Crippen LogP contribution in [0.3, 0.4) is 0 Å². The van der Waals surface area contributed by atoms with E-state index in [9.17, 15) is 25.2 Å². The number of nitrogens with one attached hydrogen (secondary N) is 1. The van der Waals surface area contributed by atoms with Crippen LogP contribution in [0.2, 0.25) is 0 Å². The summed E-state index contributed by atoms with van der Waals surface area (Å²) >= 11 is 0. The van der Waals surface area contributed by atoms with Gasteiger partial charge in [-0.1, -0.05) is 219 Å². The van der Waals surface area contributed by atoms with E-state index in [0.717, 1.165) is 32.1 Å². The first-order chi connectivity index (χ1) is 23.5. The van der Waals surface area contributed by atoms with Gasteiger partial charge in [0.25, 0.3) is 0 Å². The van der Waals surface area contributed by atoms with Gasteiger partial charge < -0.3 is 25.7 Å². The van der Waals surface area contributed by atoms with Gasteiger partial charge in [0, 0.05) is 0 Å². The molecule has 0 rings (SSSR count). The lowest BCUT2D eigenvalue weighted by atomic mass is 10.0. The summed E-state index contributed by atoms with van der Waals surface area (Å²) in [5.74, 6) is -0.591. The lowest BCUT2D eigenvalue weighted by Crippen LogP contribution is -2.53. The van der Waals surface area contributed by atoms with Crippen LogP contribution in [-0.2, 0) is 4.79 Å². The molecule has 0 fully saturated rings. The average Bonchev–Trinajstić information content (AvgIpc) is 3.09. The minimum absolute atomic E-state index is 0.373. The van der Waals surface area contributed by atoms with E-state index in [1.165, 1.54) is 173 Å². The Kier molecular flexibility index (Phi) is 37.0. The zero-order chi connectivity index (χ0) is 35.3. The summed E-state index contributed by atoms with van der Waals surface area (Å²) < 4.78 is 0. The van der Waals surface area contributed by atoms with Crippen LogP contribution in [0.4, 0.5) is 0 Å². The molecule has 0 saturated heterocycles. The van der Waals surface area contributed by atoms with Gasteiger partial charge in [-0.3, -0.25) is 4.79 Å². The second kappa shape index (κ2) is 37.6. The molecule has 0 aliphatic carbocycles. The van der Waals surface area contributed by atoms with Crippen LogP contribution in [0.25, 0.3) is 0 Å². The van der Waals surface area contributed by atoms with Crippen molar-refractivity contribution in [2.75, 3.05) is 6.61 Å². The number of unbranched alkanes of at least 4 members (excludes halogenated alkanes) is 30. The predicted molar refractivity (Wildman–Crippen MR) is 205 cm³/mol. The smallest absolute Gasteiger partial charge is 0.249 e. The third-order valence-electron chi connectivity index (χ3n) is 10.3. The summed E-state index contributed by atoms with van der Waals surface area (Å²) in [4.78, 5) is 12.3. The molecule has 288 valence electrons. The second-order valence-electron chi connectivity index (χ2n) is 15.1. The summed E-state index contributed by atoms with van der Waals surface area (Å²) in [5.41, 5.74) is 0. The van der Waals surface area contributed by atoms with E-state index in [-0.39, 0.29) is 0 Å². The Bertz CT molecular complexity index is 648. The Labute approximate surface area is 299 Å². The van der Waals surface area contributed by atoms with E-state index < -0.39 is 36.9 Å². The number of carbonyl (C=O) groups is 1. The highest BCUT2D eigenvalue weighted by atomic mass is 16.3. The largest absolute Gasteiger partial charge is 0.394 e. The highest BCUT2D eigenvalue weighted by Crippen LogP contribution is 2.17. The fourth-order valence-electron chi connectivity index (χ4n) is 6.86. The molecule has 6 nitrogen and oxygen atoms in total. The molecular weight excluding hydrogens is 598 g/mol. The van der Waals surface area contributed by atoms with Gasteiger partial charge in [0.15, 0.2) is 0 Å². The van der Waals surface area contributed by atoms with Crippen molar-refractivity contribution in [3.8, 4) is 0 Å². The maximum atomic E-state index is 12.3. The lowest BCUT2D eigenvalue weighted by Gasteiger charge is -2.27. The highest BCUT2D eigenvalue weighted by Gasteiger charge is 2.28. The standard InChI is InChI=1S/C42H85NO5/c1-3-5-7-8-9-10-11-12-13-14-15-16-17-18-19-20-21-22-23-24-25-26-27-28-29-30-31-32-33-34-36-40(46)42(48)43-38(37-44)41(47)39(45)35-6-4-2/h38-41,44-47H,3-37H2,1-2H3,(H,43,48). The van der Waals surface area contributed by atoms with Crippen molar-refractivity contribution in [3.05, 3.63) is 0 Å². The van der Waals surface area contributed by atoms with Crippen molar-refractivity contribution in [2.24, 2.45) is 0 Å². The molecule has 0 saturated carbocycles. The molecule has 0 aromatic heterocycles. The van der Waals surface area contributed by atoms with Crippen LogP contribution >= 0.6 is 0 Å². The van der Waals surface area contributed by atoms with Crippen molar-refractivity contribution in [2.45, 2.75) is 257 Å². The fourth-order valence-corrected chi connectivity index (χ4v) is 6.86. The molecular formula is C42H85NO5. The topological polar surface area (TPSA) is 110 Å². The highest BCUT2D eigenvalue weighted by molar-refractivity contribution is 5.80. The minimum atomic E-state index is -1.25. The van der Waals surface area contributed by atoms with Gasteiger partial charge in [-0.15, -0.1) is 0 Å². The summed E-state index contributed by atoms with van der Waals surface area (Å²) in [6, 6.07) is -0.975. The van der Waals surface area contributed by atoms with Crippen molar-refractivity contribution >= 4 is 5.91 Å². The van der Waals surface area contributed by atoms with E-state index in [1.54, 1.807) is 0 Å². The number of aliphatic hydroxyl groups excluding tert-OH is 4. The normalized spacial score (nSPS) is 14.2. The number of rotatable bonds is 39. The average molecular weight is 684 g/mol. The molecule has 0 bridgehead atoms. The maximum Gasteiger partial charge on any atom is 0.249 e. The number of carbonyl (C=O) groups excluding carboxylic acids is 1. The summed E-state index contributed by atoms with van der Waals surface area (Å²) in [6.07, 6.45) is 40.0. The van der Waals surface area contributed by atoms with Gasteiger partial charge in [0.05, 0.1) is 18.8 Å². The summed E-state index contributed by atoms with van der Waals surface area (Å²) in [5, 5.41) is 42.5. The zero-order valence-electron chi connectivity index (χ0n) is 32.3. The molecule has 0 spiro atoms. The molecule has 0 radical (unpaired) electrons. The van der Waals surface area contributed by atoms with Gasteiger partial charge in [-0.25, -0.2) is 0 Å². The summed E-state index contributed by atoms with van der Waals surface area (Å²) in [7, 11) is 0. The van der Waals surface area contributed by atoms with Gasteiger partial charge in [0.1, 0.15) is 12.2 Å². The van der Waals surface area contributed by atoms with Crippen molar-refractivity contribution in [1.29, 1.82) is 0 Å². The Morgan fingerprint density at radius 1 is 0.438 bits per heavy atom. The second-order valence-corrected chi connectivity index (χ2v) is 15.1. The van der Waals surface area contributed by atoms with Crippen molar-refractivity contribution in [1.82, 2.24) is 5.32 Å². The van der Waals surface area contributed by atoms with Crippen LogP contribution in [0.5, 0.6) is 0 Å². The molecule has 0 aliphatic rings. The van der Waals surface area contributed by atoms with Crippen LogP contribution in [0.1, 0.15) is 232 Å². The molecule has 0 heterocycles. The Balaban J connectivity index is 3.37. The van der Waals surface area contributed by atoms with Crippen molar-refractivity contribution in [3.63, 3.8) is 0 Å². The molecule has 0 aromatic rings. The predicted octanol–water partition coefficient (Wildman–Crippen LogP) is 10.8. The van der Waals surface area contributed by atoms with E-state index in [4.69, 9.17) is 0 Å². The third-order valence-corrected chi connectivity index (χ3v) is 10.3. The van der Waals surface area contributed by atoms with Crippen LogP contribution in [-0.4, -0.2) is 57.3 Å². The number of amides is 1. The van der Waals surface area contributed by atoms with Gasteiger partial charge >= 0.3 is 0 Å². The van der Waals surface area contributed by atoms with Gasteiger partial charge in [0.2, 0.25) is 5.91 Å². The van der Waals surface area contributed by atoms with E-state index in [0.29, 0.717) is 12.8 Å². The zero-order valence-corrected chi connectivity index (χ0v) is 32.3. The quantitative estimate of drug-likeness (QED) is 0.0414. The Morgan fingerprint density at radius 2 is 0.729 bits per heavy atom. The Morgan fingerprint density at radius 3 is 1.02 bits per heavy atom. The number of aliphatic hydroxyl groups is 4. The minimum Gasteiger partial charge on any atom is -0.394 e. The molecule has 4 atom stereocenters. The first kappa shape index (κ1) is 47.3. The van der Waals surface area contributed by atoms with Crippen LogP contribution < -0.4 is 5.32 Å². The third kappa shape index (κ3) is 31.3. The first-order valence-corrected chi connectivity index (χ1v) is 21.4.